The molecule has 0 N–H and O–H groups in total. The smallest absolute Gasteiger partial charge is 0.159 e. The average Bonchev–Trinajstić information content (AvgIpc) is 2.73. The van der Waals surface area contributed by atoms with Gasteiger partial charge in [0.25, 0.3) is 0 Å². The number of nitriles is 1. The van der Waals surface area contributed by atoms with Crippen LogP contribution in [0.25, 0.3) is 0 Å². The molecule has 2 aliphatic carbocycles. The monoisotopic (exact) mass is 383 g/mol. The lowest BCUT2D eigenvalue weighted by atomic mass is 9.74. The van der Waals surface area contributed by atoms with Crippen LogP contribution in [-0.2, 0) is 0 Å². The lowest BCUT2D eigenvalue weighted by Gasteiger charge is -2.31. The Balaban J connectivity index is 1.35. The summed E-state index contributed by atoms with van der Waals surface area (Å²) in [4.78, 5) is 0. The van der Waals surface area contributed by atoms with Gasteiger partial charge in [-0.15, -0.1) is 0 Å². The van der Waals surface area contributed by atoms with E-state index in [4.69, 9.17) is 5.26 Å². The second-order valence-electron chi connectivity index (χ2n) is 8.62. The van der Waals surface area contributed by atoms with Crippen molar-refractivity contribution in [1.82, 2.24) is 0 Å². The number of halogens is 2. The number of hydrogen-bond donors (Lipinski definition) is 0. The van der Waals surface area contributed by atoms with E-state index < -0.39 is 11.6 Å². The van der Waals surface area contributed by atoms with Crippen LogP contribution in [0.5, 0.6) is 0 Å². The predicted octanol–water partition coefficient (Wildman–Crippen LogP) is 7.46. The van der Waals surface area contributed by atoms with Gasteiger partial charge in [0.1, 0.15) is 0 Å². The van der Waals surface area contributed by atoms with E-state index in [1.54, 1.807) is 6.07 Å². The zero-order chi connectivity index (χ0) is 19.8. The number of allylic oxidation sites excluding steroid dienone is 4. The molecule has 2 aliphatic rings. The summed E-state index contributed by atoms with van der Waals surface area (Å²) in [5, 5.41) is 8.50. The Morgan fingerprint density at radius 3 is 2.11 bits per heavy atom. The van der Waals surface area contributed by atoms with Gasteiger partial charge in [-0.1, -0.05) is 37.1 Å². The molecule has 1 nitrogen and oxygen atoms in total. The molecule has 0 heterocycles. The molecule has 3 heteroatoms. The van der Waals surface area contributed by atoms with Gasteiger partial charge in [0.15, 0.2) is 11.6 Å². The van der Waals surface area contributed by atoms with Crippen LogP contribution < -0.4 is 0 Å². The van der Waals surface area contributed by atoms with Crippen LogP contribution in [0.2, 0.25) is 0 Å². The van der Waals surface area contributed by atoms with Gasteiger partial charge in [-0.05, 0) is 92.7 Å². The maximum Gasteiger partial charge on any atom is 0.159 e. The van der Waals surface area contributed by atoms with E-state index in [1.165, 1.54) is 69.6 Å². The summed E-state index contributed by atoms with van der Waals surface area (Å²) in [6.45, 7) is 0. The number of rotatable bonds is 6. The fourth-order valence-corrected chi connectivity index (χ4v) is 5.01. The highest BCUT2D eigenvalue weighted by molar-refractivity contribution is 5.22. The molecule has 0 aliphatic heterocycles. The second-order valence-corrected chi connectivity index (χ2v) is 8.62. The third-order valence-electron chi connectivity index (χ3n) is 6.80. The van der Waals surface area contributed by atoms with E-state index in [9.17, 15) is 8.78 Å². The zero-order valence-corrected chi connectivity index (χ0v) is 16.6. The van der Waals surface area contributed by atoms with Crippen LogP contribution in [0, 0.1) is 40.7 Å². The summed E-state index contributed by atoms with van der Waals surface area (Å²) in [6.07, 6.45) is 20.1. The van der Waals surface area contributed by atoms with Gasteiger partial charge in [0.05, 0.1) is 6.07 Å². The van der Waals surface area contributed by atoms with Crippen LogP contribution in [0.15, 0.2) is 42.5 Å². The third-order valence-corrected chi connectivity index (χ3v) is 6.80. The van der Waals surface area contributed by atoms with Crippen molar-refractivity contribution in [2.75, 3.05) is 0 Å². The van der Waals surface area contributed by atoms with Crippen LogP contribution in [0.3, 0.4) is 0 Å². The SMILES string of the molecule is N#C/C=C/C=C/C1CCC(CCC2CCC(c3ccc(F)c(F)c3)CC2)CC1. The minimum atomic E-state index is -0.749. The Bertz CT molecular complexity index is 715. The second kappa shape index (κ2) is 10.6. The average molecular weight is 384 g/mol. The van der Waals surface area contributed by atoms with Crippen molar-refractivity contribution in [3.8, 4) is 6.07 Å². The molecule has 150 valence electrons. The Morgan fingerprint density at radius 2 is 1.50 bits per heavy atom. The molecular formula is C25H31F2N. The molecule has 0 aromatic heterocycles. The Labute approximate surface area is 168 Å². The first-order chi connectivity index (χ1) is 13.7. The van der Waals surface area contributed by atoms with Crippen molar-refractivity contribution in [1.29, 1.82) is 5.26 Å². The Hall–Kier alpha value is -1.95. The molecular weight excluding hydrogens is 352 g/mol. The van der Waals surface area contributed by atoms with Gasteiger partial charge in [-0.2, -0.15) is 5.26 Å². The van der Waals surface area contributed by atoms with E-state index >= 15 is 0 Å². The van der Waals surface area contributed by atoms with Crippen LogP contribution >= 0.6 is 0 Å². The van der Waals surface area contributed by atoms with E-state index in [0.29, 0.717) is 11.8 Å². The fraction of sp³-hybridized carbons (Fsp3) is 0.560. The van der Waals surface area contributed by atoms with Gasteiger partial charge < -0.3 is 0 Å². The molecule has 0 unspecified atom stereocenters. The summed E-state index contributed by atoms with van der Waals surface area (Å²) in [6, 6.07) is 6.43. The van der Waals surface area contributed by atoms with Crippen molar-refractivity contribution < 1.29 is 8.78 Å². The molecule has 2 saturated carbocycles. The highest BCUT2D eigenvalue weighted by Crippen LogP contribution is 2.40. The van der Waals surface area contributed by atoms with Gasteiger partial charge in [-0.3, -0.25) is 0 Å². The van der Waals surface area contributed by atoms with Crippen molar-refractivity contribution in [3.63, 3.8) is 0 Å². The first-order valence-electron chi connectivity index (χ1n) is 10.8. The Kier molecular flexibility index (Phi) is 7.83. The van der Waals surface area contributed by atoms with Crippen LogP contribution in [0.4, 0.5) is 8.78 Å². The molecule has 1 aromatic rings. The largest absolute Gasteiger partial charge is 0.204 e. The quantitative estimate of drug-likeness (QED) is 0.369. The van der Waals surface area contributed by atoms with Crippen molar-refractivity contribution in [2.24, 2.45) is 17.8 Å². The van der Waals surface area contributed by atoms with E-state index in [0.717, 1.165) is 30.2 Å². The maximum atomic E-state index is 13.5. The highest BCUT2D eigenvalue weighted by atomic mass is 19.2. The van der Waals surface area contributed by atoms with E-state index in [2.05, 4.69) is 6.08 Å². The van der Waals surface area contributed by atoms with Gasteiger partial charge >= 0.3 is 0 Å². The summed E-state index contributed by atoms with van der Waals surface area (Å²) < 4.78 is 26.6. The summed E-state index contributed by atoms with van der Waals surface area (Å²) >= 11 is 0. The number of benzene rings is 1. The molecule has 28 heavy (non-hydrogen) atoms. The van der Waals surface area contributed by atoms with Crippen LogP contribution in [0.1, 0.15) is 75.7 Å². The summed E-state index contributed by atoms with van der Waals surface area (Å²) in [7, 11) is 0. The van der Waals surface area contributed by atoms with Gasteiger partial charge in [-0.25, -0.2) is 8.78 Å². The molecule has 0 bridgehead atoms. The van der Waals surface area contributed by atoms with Gasteiger partial charge in [0.2, 0.25) is 0 Å². The van der Waals surface area contributed by atoms with Gasteiger partial charge in [0, 0.05) is 6.08 Å². The normalized spacial score (nSPS) is 28.6. The minimum absolute atomic E-state index is 0.392. The standard InChI is InChI=1S/C25H31F2N/c26-24-16-15-23(18-25(24)27)22-13-11-21(12-14-22)10-9-20-7-5-19(6-8-20)4-2-1-3-17-28/h1-4,15-16,18-22H,5-14H2/b3-1+,4-2+. The molecule has 0 saturated heterocycles. The van der Waals surface area contributed by atoms with E-state index in [1.807, 2.05) is 18.2 Å². The highest BCUT2D eigenvalue weighted by Gasteiger charge is 2.25. The summed E-state index contributed by atoms with van der Waals surface area (Å²) in [5.74, 6) is 1.26. The molecule has 0 spiro atoms. The van der Waals surface area contributed by atoms with Crippen molar-refractivity contribution in [2.45, 2.75) is 70.1 Å². The number of nitrogens with zero attached hydrogens (tertiary/aromatic N) is 1. The lowest BCUT2D eigenvalue weighted by Crippen LogP contribution is -2.17. The fourth-order valence-electron chi connectivity index (χ4n) is 5.01. The van der Waals surface area contributed by atoms with Crippen LogP contribution in [-0.4, -0.2) is 0 Å². The number of hydrogen-bond acceptors (Lipinski definition) is 1. The molecule has 0 radical (unpaired) electrons. The first-order valence-corrected chi connectivity index (χ1v) is 10.8. The third kappa shape index (κ3) is 6.03. The topological polar surface area (TPSA) is 23.8 Å². The van der Waals surface area contributed by atoms with Crippen molar-refractivity contribution >= 4 is 0 Å². The maximum absolute atomic E-state index is 13.5. The molecule has 0 amide bonds. The van der Waals surface area contributed by atoms with E-state index in [-0.39, 0.29) is 0 Å². The van der Waals surface area contributed by atoms with Crippen molar-refractivity contribution in [3.05, 3.63) is 59.7 Å². The minimum Gasteiger partial charge on any atom is -0.204 e. The Morgan fingerprint density at radius 1 is 0.857 bits per heavy atom. The molecule has 2 fully saturated rings. The predicted molar refractivity (Wildman–Crippen MR) is 110 cm³/mol. The molecule has 1 aromatic carbocycles. The molecule has 0 atom stereocenters. The zero-order valence-electron chi connectivity index (χ0n) is 16.6. The molecule has 3 rings (SSSR count). The summed E-state index contributed by atoms with van der Waals surface area (Å²) in [5.41, 5.74) is 0.966. The first kappa shape index (κ1) is 20.8. The lowest BCUT2D eigenvalue weighted by molar-refractivity contribution is 0.246.